The molecule has 0 aromatic heterocycles. The molecule has 0 heterocycles. The third-order valence-electron chi connectivity index (χ3n) is 12.6. The minimum atomic E-state index is -1.47. The third kappa shape index (κ3) is 22.0. The average Bonchev–Trinajstić information content (AvgIpc) is 3.25. The number of aliphatic carboxylic acids is 1. The highest BCUT2D eigenvalue weighted by molar-refractivity contribution is 6.08. The molecule has 32 heteroatoms. The second-order valence-corrected chi connectivity index (χ2v) is 18.9. The number of carboxylic acid groups (broad SMARTS) is 1. The number of carboxylic acids is 1. The van der Waals surface area contributed by atoms with Gasteiger partial charge in [-0.25, -0.2) is 0 Å². The molecule has 4 rings (SSSR count). The van der Waals surface area contributed by atoms with Gasteiger partial charge < -0.3 is 107 Å². The minimum absolute atomic E-state index is 0.00605. The summed E-state index contributed by atoms with van der Waals surface area (Å²) >= 11 is 0. The van der Waals surface area contributed by atoms with Crippen LogP contribution < -0.4 is 102 Å². The summed E-state index contributed by atoms with van der Waals surface area (Å²) in [6.45, 7) is 0.375. The van der Waals surface area contributed by atoms with Crippen LogP contribution in [0.15, 0.2) is 87.8 Å². The first kappa shape index (κ1) is 68.6. The number of aliphatic imine (C=N–C) groups is 3. The van der Waals surface area contributed by atoms with E-state index in [4.69, 9.17) is 64.8 Å². The summed E-state index contributed by atoms with van der Waals surface area (Å²) in [6.07, 6.45) is -0.0100. The van der Waals surface area contributed by atoms with Crippen molar-refractivity contribution in [1.82, 2.24) is 16.0 Å². The predicted molar refractivity (Wildman–Crippen MR) is 323 cm³/mol. The zero-order valence-electron chi connectivity index (χ0n) is 48.2. The molecule has 468 valence electrons. The van der Waals surface area contributed by atoms with Crippen LogP contribution in [0.3, 0.4) is 0 Å². The van der Waals surface area contributed by atoms with Crippen LogP contribution in [0.1, 0.15) is 92.8 Å². The first-order valence-electron chi connectivity index (χ1n) is 26.7. The van der Waals surface area contributed by atoms with E-state index in [1.807, 2.05) is 0 Å². The van der Waals surface area contributed by atoms with Gasteiger partial charge in [-0.1, -0.05) is 0 Å². The largest absolute Gasteiger partial charge is 0.496 e. The molecule has 0 saturated heterocycles. The second-order valence-electron chi connectivity index (χ2n) is 18.9. The van der Waals surface area contributed by atoms with Crippen LogP contribution in [0, 0.1) is 0 Å². The van der Waals surface area contributed by atoms with Crippen LogP contribution in [0.25, 0.3) is 0 Å². The fourth-order valence-corrected chi connectivity index (χ4v) is 8.23. The van der Waals surface area contributed by atoms with Crippen LogP contribution in [-0.4, -0.2) is 148 Å². The van der Waals surface area contributed by atoms with E-state index in [1.165, 1.54) is 101 Å². The van der Waals surface area contributed by atoms with Gasteiger partial charge in [0.25, 0.3) is 23.6 Å². The van der Waals surface area contributed by atoms with Crippen molar-refractivity contribution in [1.29, 1.82) is 0 Å². The Hall–Kier alpha value is -10.9. The molecule has 32 nitrogen and oxygen atoms in total. The Labute approximate surface area is 499 Å². The van der Waals surface area contributed by atoms with E-state index in [-0.39, 0.29) is 144 Å². The van der Waals surface area contributed by atoms with E-state index < -0.39 is 83.8 Å². The number of rotatable bonds is 34. The SMILES string of the molecule is COc1ccc(NC(=O)C(CCC(=O)O)NC(=O)c2cc(NC(=O)C(CCCN=C(N)N)NC(=O)c3cc(NC(=O)C(CCCN=C(N)N)NC(=O)c4cc(NC(=O)C(N)CCCN=C(N)N)ccc4OC)ccc3OC)ccc2OC)cc1C(N)=O. The lowest BCUT2D eigenvalue weighted by Gasteiger charge is -2.21. The number of primary amides is 1. The maximum absolute atomic E-state index is 14.3. The van der Waals surface area contributed by atoms with Gasteiger partial charge in [-0.2, -0.15) is 0 Å². The maximum Gasteiger partial charge on any atom is 0.303 e. The fraction of sp³-hybridized carbons (Fsp3) is 0.345. The Morgan fingerprint density at radius 1 is 0.425 bits per heavy atom. The third-order valence-corrected chi connectivity index (χ3v) is 12.6. The molecule has 0 bridgehead atoms. The number of guanidine groups is 3. The summed E-state index contributed by atoms with van der Waals surface area (Å²) in [7, 11) is 5.18. The van der Waals surface area contributed by atoms with Gasteiger partial charge in [0.15, 0.2) is 17.9 Å². The summed E-state index contributed by atoms with van der Waals surface area (Å²) < 4.78 is 21.5. The predicted octanol–water partition coefficient (Wildman–Crippen LogP) is -0.677. The molecule has 24 N–H and O–H groups in total. The number of benzene rings is 4. The average molecular weight is 1210 g/mol. The summed E-state index contributed by atoms with van der Waals surface area (Å²) in [5.74, 6) is -7.99. The number of methoxy groups -OCH3 is 4. The zero-order chi connectivity index (χ0) is 64.3. The van der Waals surface area contributed by atoms with Crippen molar-refractivity contribution in [2.45, 2.75) is 75.5 Å². The Morgan fingerprint density at radius 3 is 1.01 bits per heavy atom. The van der Waals surface area contributed by atoms with Gasteiger partial charge in [-0.15, -0.1) is 0 Å². The van der Waals surface area contributed by atoms with E-state index in [0.29, 0.717) is 6.42 Å². The monoisotopic (exact) mass is 1210 g/mol. The van der Waals surface area contributed by atoms with Gasteiger partial charge in [-0.3, -0.25) is 58.1 Å². The molecule has 0 spiro atoms. The highest BCUT2D eigenvalue weighted by Crippen LogP contribution is 2.28. The number of nitrogens with one attached hydrogen (secondary N) is 7. The van der Waals surface area contributed by atoms with Gasteiger partial charge in [0.1, 0.15) is 41.1 Å². The van der Waals surface area contributed by atoms with Crippen molar-refractivity contribution in [2.24, 2.45) is 60.8 Å². The molecule has 8 amide bonds. The van der Waals surface area contributed by atoms with E-state index in [2.05, 4.69) is 52.2 Å². The van der Waals surface area contributed by atoms with Gasteiger partial charge in [-0.05, 0) is 118 Å². The lowest BCUT2D eigenvalue weighted by atomic mass is 10.1. The standard InChI is InChI=1S/C55H74N18O14/c1-84-40-16-11-28(24-32(40)45(57)76)68-52(83)39(15-20-44(74)75)73-48(79)35-27-31(14-19-43(35)87-4)70-51(82)38(10-7-23-66-55(62)63)72-47(78)34-26-30(13-18-42(34)86-3)69-50(81)37(9-6-22-65-54(60)61)71-46(77)33-25-29(12-17-41(33)85-2)67-49(80)36(56)8-5-21-64-53(58)59/h11-14,16-19,24-27,36-39H,5-10,15,20-23,56H2,1-4H3,(H2,57,76)(H,67,80)(H,68,83)(H,69,81)(H,70,82)(H,71,77)(H,72,78)(H,73,79)(H,74,75)(H4,58,59,64)(H4,60,61,65)(H4,62,63,66). The lowest BCUT2D eigenvalue weighted by molar-refractivity contribution is -0.137. The van der Waals surface area contributed by atoms with E-state index in [0.717, 1.165) is 0 Å². The molecule has 4 unspecified atom stereocenters. The van der Waals surface area contributed by atoms with Crippen molar-refractivity contribution in [3.8, 4) is 23.0 Å². The smallest absolute Gasteiger partial charge is 0.303 e. The van der Waals surface area contributed by atoms with Crippen molar-refractivity contribution >= 4 is 93.9 Å². The molecule has 4 aromatic carbocycles. The molecule has 0 saturated carbocycles. The number of anilines is 4. The minimum Gasteiger partial charge on any atom is -0.496 e. The number of ether oxygens (including phenoxy) is 4. The number of nitrogens with zero attached hydrogens (tertiary/aromatic N) is 3. The molecule has 0 aliphatic heterocycles. The zero-order valence-corrected chi connectivity index (χ0v) is 48.2. The van der Waals surface area contributed by atoms with Crippen molar-refractivity contribution in [3.05, 3.63) is 95.1 Å². The van der Waals surface area contributed by atoms with Gasteiger partial charge in [0.2, 0.25) is 23.6 Å². The first-order valence-corrected chi connectivity index (χ1v) is 26.7. The summed E-state index contributed by atoms with van der Waals surface area (Å²) in [4.78, 5) is 133. The normalized spacial score (nSPS) is 11.9. The summed E-state index contributed by atoms with van der Waals surface area (Å²) in [6, 6.07) is 11.3. The fourth-order valence-electron chi connectivity index (χ4n) is 8.23. The molecule has 0 fully saturated rings. The second kappa shape index (κ2) is 34.0. The van der Waals surface area contributed by atoms with Gasteiger partial charge in [0, 0.05) is 48.8 Å². The summed E-state index contributed by atoms with van der Waals surface area (Å²) in [5.41, 5.74) is 44.2. The molecular weight excluding hydrogens is 1140 g/mol. The number of carbonyl (C=O) groups excluding carboxylic acids is 8. The van der Waals surface area contributed by atoms with Gasteiger partial charge in [0.05, 0.1) is 56.7 Å². The Bertz CT molecular complexity index is 3240. The number of hydrogen-bond donors (Lipinski definition) is 16. The molecule has 0 radical (unpaired) electrons. The molecular formula is C55H74N18O14. The quantitative estimate of drug-likeness (QED) is 0.0157. The molecule has 4 atom stereocenters. The van der Waals surface area contributed by atoms with Gasteiger partial charge >= 0.3 is 5.97 Å². The number of amides is 8. The van der Waals surface area contributed by atoms with E-state index in [1.54, 1.807) is 0 Å². The van der Waals surface area contributed by atoms with Crippen LogP contribution in [0.4, 0.5) is 22.7 Å². The Morgan fingerprint density at radius 2 is 0.713 bits per heavy atom. The number of hydrogen-bond acceptors (Lipinski definition) is 17. The Kier molecular flexibility index (Phi) is 26.8. The van der Waals surface area contributed by atoms with E-state index in [9.17, 15) is 48.3 Å². The molecule has 0 aliphatic carbocycles. The van der Waals surface area contributed by atoms with Crippen LogP contribution >= 0.6 is 0 Å². The topological polar surface area (TPSA) is 540 Å². The maximum atomic E-state index is 14.3. The highest BCUT2D eigenvalue weighted by atomic mass is 16.5. The molecule has 4 aromatic rings. The van der Waals surface area contributed by atoms with Crippen molar-refractivity contribution in [2.75, 3.05) is 69.3 Å². The molecule has 0 aliphatic rings. The highest BCUT2D eigenvalue weighted by Gasteiger charge is 2.29. The first-order chi connectivity index (χ1) is 41.4. The Balaban J connectivity index is 1.60. The van der Waals surface area contributed by atoms with E-state index >= 15 is 0 Å². The van der Waals surface area contributed by atoms with Crippen molar-refractivity contribution < 1.29 is 67.2 Å². The molecule has 87 heavy (non-hydrogen) atoms. The van der Waals surface area contributed by atoms with Crippen LogP contribution in [0.5, 0.6) is 23.0 Å². The van der Waals surface area contributed by atoms with Crippen LogP contribution in [0.2, 0.25) is 0 Å². The summed E-state index contributed by atoms with van der Waals surface area (Å²) in [5, 5.41) is 28.0. The lowest BCUT2D eigenvalue weighted by Crippen LogP contribution is -2.45. The number of nitrogens with two attached hydrogens (primary N) is 8. The number of carbonyl (C=O) groups is 9. The van der Waals surface area contributed by atoms with Crippen LogP contribution in [-0.2, 0) is 24.0 Å². The van der Waals surface area contributed by atoms with Crippen molar-refractivity contribution in [3.63, 3.8) is 0 Å².